The SMILES string of the molecule is CN1C2CCC1CC(=C1CC(=O)NC1=O)C2. The summed E-state index contributed by atoms with van der Waals surface area (Å²) in [7, 11) is 2.17. The lowest BCUT2D eigenvalue weighted by molar-refractivity contribution is -0.124. The topological polar surface area (TPSA) is 49.4 Å². The number of amides is 2. The van der Waals surface area contributed by atoms with E-state index in [1.54, 1.807) is 0 Å². The number of imide groups is 1. The van der Waals surface area contributed by atoms with E-state index >= 15 is 0 Å². The minimum absolute atomic E-state index is 0.140. The van der Waals surface area contributed by atoms with Crippen molar-refractivity contribution in [3.05, 3.63) is 11.1 Å². The summed E-state index contributed by atoms with van der Waals surface area (Å²) in [6.45, 7) is 0. The fourth-order valence-electron chi connectivity index (χ4n) is 3.25. The van der Waals surface area contributed by atoms with Gasteiger partial charge >= 0.3 is 0 Å². The Balaban J connectivity index is 1.90. The van der Waals surface area contributed by atoms with Crippen molar-refractivity contribution in [2.45, 2.75) is 44.2 Å². The van der Waals surface area contributed by atoms with E-state index in [2.05, 4.69) is 17.3 Å². The Morgan fingerprint density at radius 3 is 2.31 bits per heavy atom. The maximum atomic E-state index is 11.6. The highest BCUT2D eigenvalue weighted by atomic mass is 16.2. The van der Waals surface area contributed by atoms with Gasteiger partial charge < -0.3 is 0 Å². The smallest absolute Gasteiger partial charge is 0.254 e. The summed E-state index contributed by atoms with van der Waals surface area (Å²) in [6.07, 6.45) is 4.71. The fourth-order valence-corrected chi connectivity index (χ4v) is 3.25. The molecule has 0 aromatic heterocycles. The van der Waals surface area contributed by atoms with Crippen LogP contribution in [0.15, 0.2) is 11.1 Å². The summed E-state index contributed by atoms with van der Waals surface area (Å²) < 4.78 is 0. The van der Waals surface area contributed by atoms with Crippen LogP contribution in [0.3, 0.4) is 0 Å². The summed E-state index contributed by atoms with van der Waals surface area (Å²) in [6, 6.07) is 1.18. The second-order valence-corrected chi connectivity index (χ2v) is 5.09. The van der Waals surface area contributed by atoms with Crippen molar-refractivity contribution in [3.8, 4) is 0 Å². The van der Waals surface area contributed by atoms with Gasteiger partial charge in [-0.1, -0.05) is 5.57 Å². The summed E-state index contributed by atoms with van der Waals surface area (Å²) in [5, 5.41) is 2.38. The summed E-state index contributed by atoms with van der Waals surface area (Å²) in [4.78, 5) is 25.2. The lowest BCUT2D eigenvalue weighted by Crippen LogP contribution is -2.37. The molecule has 2 atom stereocenters. The third-order valence-corrected chi connectivity index (χ3v) is 4.24. The molecule has 2 amide bonds. The molecule has 2 unspecified atom stereocenters. The molecular formula is C12H16N2O2. The van der Waals surface area contributed by atoms with Crippen LogP contribution < -0.4 is 5.32 Å². The number of nitrogens with one attached hydrogen (secondary N) is 1. The second-order valence-electron chi connectivity index (χ2n) is 5.09. The van der Waals surface area contributed by atoms with E-state index in [4.69, 9.17) is 0 Å². The molecule has 3 aliphatic rings. The molecule has 0 radical (unpaired) electrons. The van der Waals surface area contributed by atoms with Gasteiger partial charge in [-0.25, -0.2) is 0 Å². The van der Waals surface area contributed by atoms with Crippen LogP contribution in [0.1, 0.15) is 32.1 Å². The molecular weight excluding hydrogens is 204 g/mol. The molecule has 4 heteroatoms. The molecule has 0 aromatic carbocycles. The first-order valence-corrected chi connectivity index (χ1v) is 5.92. The first kappa shape index (κ1) is 10.0. The van der Waals surface area contributed by atoms with Gasteiger partial charge in [0.2, 0.25) is 5.91 Å². The maximum absolute atomic E-state index is 11.6. The van der Waals surface area contributed by atoms with E-state index < -0.39 is 0 Å². The number of hydrogen-bond acceptors (Lipinski definition) is 3. The van der Waals surface area contributed by atoms with Gasteiger partial charge in [0.05, 0.1) is 6.42 Å². The average Bonchev–Trinajstić information content (AvgIpc) is 2.65. The number of nitrogens with zero attached hydrogens (tertiary/aromatic N) is 1. The number of piperidine rings is 1. The highest BCUT2D eigenvalue weighted by molar-refractivity contribution is 6.13. The van der Waals surface area contributed by atoms with Gasteiger partial charge in [0.15, 0.2) is 0 Å². The Morgan fingerprint density at radius 2 is 1.81 bits per heavy atom. The minimum atomic E-state index is -0.149. The lowest BCUT2D eigenvalue weighted by Gasteiger charge is -2.33. The van der Waals surface area contributed by atoms with Crippen molar-refractivity contribution in [1.29, 1.82) is 0 Å². The zero-order valence-electron chi connectivity index (χ0n) is 9.45. The molecule has 3 aliphatic heterocycles. The Kier molecular flexibility index (Phi) is 2.14. The molecule has 0 aliphatic carbocycles. The van der Waals surface area contributed by atoms with Crippen LogP contribution in [0.25, 0.3) is 0 Å². The van der Waals surface area contributed by atoms with Crippen molar-refractivity contribution in [1.82, 2.24) is 10.2 Å². The van der Waals surface area contributed by atoms with Crippen molar-refractivity contribution < 1.29 is 9.59 Å². The average molecular weight is 220 g/mol. The van der Waals surface area contributed by atoms with Gasteiger partial charge in [0.1, 0.15) is 0 Å². The molecule has 3 fully saturated rings. The first-order valence-electron chi connectivity index (χ1n) is 5.92. The standard InChI is InChI=1S/C12H16N2O2/c1-14-8-2-3-9(14)5-7(4-8)10-6-11(15)13-12(10)16/h8-9H,2-6H2,1H3,(H,13,15,16). The zero-order valence-corrected chi connectivity index (χ0v) is 9.45. The molecule has 3 rings (SSSR count). The summed E-state index contributed by atoms with van der Waals surface area (Å²) in [5.41, 5.74) is 1.99. The molecule has 3 saturated heterocycles. The summed E-state index contributed by atoms with van der Waals surface area (Å²) >= 11 is 0. The van der Waals surface area contributed by atoms with Crippen LogP contribution in [-0.4, -0.2) is 35.8 Å². The van der Waals surface area contributed by atoms with E-state index in [0.29, 0.717) is 18.5 Å². The normalized spacial score (nSPS) is 34.8. The third kappa shape index (κ3) is 1.40. The number of fused-ring (bicyclic) bond motifs is 2. The van der Waals surface area contributed by atoms with Crippen molar-refractivity contribution >= 4 is 11.8 Å². The van der Waals surface area contributed by atoms with E-state index in [0.717, 1.165) is 18.4 Å². The molecule has 86 valence electrons. The van der Waals surface area contributed by atoms with Crippen LogP contribution in [0, 0.1) is 0 Å². The summed E-state index contributed by atoms with van der Waals surface area (Å²) in [5.74, 6) is -0.289. The van der Waals surface area contributed by atoms with E-state index in [1.807, 2.05) is 0 Å². The molecule has 2 bridgehead atoms. The third-order valence-electron chi connectivity index (χ3n) is 4.24. The van der Waals surface area contributed by atoms with Gasteiger partial charge in [-0.15, -0.1) is 0 Å². The van der Waals surface area contributed by atoms with Crippen LogP contribution in [0.2, 0.25) is 0 Å². The van der Waals surface area contributed by atoms with Gasteiger partial charge in [-0.3, -0.25) is 19.8 Å². The predicted molar refractivity (Wildman–Crippen MR) is 58.6 cm³/mol. The van der Waals surface area contributed by atoms with Crippen molar-refractivity contribution in [2.75, 3.05) is 7.05 Å². The van der Waals surface area contributed by atoms with Crippen LogP contribution >= 0.6 is 0 Å². The molecule has 4 nitrogen and oxygen atoms in total. The number of hydrogen-bond donors (Lipinski definition) is 1. The molecule has 0 spiro atoms. The van der Waals surface area contributed by atoms with E-state index in [1.165, 1.54) is 18.4 Å². The number of carbonyl (C=O) groups is 2. The highest BCUT2D eigenvalue weighted by Gasteiger charge is 2.38. The van der Waals surface area contributed by atoms with Gasteiger partial charge in [0, 0.05) is 17.7 Å². The van der Waals surface area contributed by atoms with Gasteiger partial charge in [-0.05, 0) is 32.7 Å². The fraction of sp³-hybridized carbons (Fsp3) is 0.667. The predicted octanol–water partition coefficient (Wildman–Crippen LogP) is 0.586. The first-order chi connectivity index (χ1) is 7.65. The van der Waals surface area contributed by atoms with Crippen LogP contribution in [0.5, 0.6) is 0 Å². The quantitative estimate of drug-likeness (QED) is 0.480. The van der Waals surface area contributed by atoms with Gasteiger partial charge in [0.25, 0.3) is 5.91 Å². The van der Waals surface area contributed by atoms with Crippen molar-refractivity contribution in [2.24, 2.45) is 0 Å². The Hall–Kier alpha value is -1.16. The zero-order chi connectivity index (χ0) is 11.3. The lowest BCUT2D eigenvalue weighted by atomic mass is 9.92. The van der Waals surface area contributed by atoms with Crippen LogP contribution in [-0.2, 0) is 9.59 Å². The van der Waals surface area contributed by atoms with Crippen molar-refractivity contribution in [3.63, 3.8) is 0 Å². The van der Waals surface area contributed by atoms with Crippen LogP contribution in [0.4, 0.5) is 0 Å². The monoisotopic (exact) mass is 220 g/mol. The maximum Gasteiger partial charge on any atom is 0.254 e. The molecule has 1 N–H and O–H groups in total. The van der Waals surface area contributed by atoms with Gasteiger partial charge in [-0.2, -0.15) is 0 Å². The Labute approximate surface area is 94.7 Å². The number of carbonyl (C=O) groups excluding carboxylic acids is 2. The Bertz CT molecular complexity index is 384. The molecule has 16 heavy (non-hydrogen) atoms. The van der Waals surface area contributed by atoms with E-state index in [-0.39, 0.29) is 11.8 Å². The second kappa shape index (κ2) is 3.42. The van der Waals surface area contributed by atoms with E-state index in [9.17, 15) is 9.59 Å². The number of rotatable bonds is 0. The molecule has 3 heterocycles. The minimum Gasteiger partial charge on any atom is -0.300 e. The molecule has 0 aromatic rings. The highest BCUT2D eigenvalue weighted by Crippen LogP contribution is 2.39. The molecule has 0 saturated carbocycles. The Morgan fingerprint density at radius 1 is 1.19 bits per heavy atom. The largest absolute Gasteiger partial charge is 0.300 e.